The average Bonchev–Trinajstić information content (AvgIpc) is 3.14. The Morgan fingerprint density at radius 3 is 2.74 bits per heavy atom. The van der Waals surface area contributed by atoms with Gasteiger partial charge >= 0.3 is 0 Å². The fraction of sp³-hybridized carbons (Fsp3) is 0.222. The van der Waals surface area contributed by atoms with Crippen LogP contribution in [0.2, 0.25) is 5.02 Å². The summed E-state index contributed by atoms with van der Waals surface area (Å²) in [4.78, 5) is 2.31. The highest BCUT2D eigenvalue weighted by Crippen LogP contribution is 2.33. The Bertz CT molecular complexity index is 828. The number of para-hydroxylation sites is 1. The summed E-state index contributed by atoms with van der Waals surface area (Å²) in [5, 5.41) is 9.04. The predicted molar refractivity (Wildman–Crippen MR) is 90.5 cm³/mol. The molecule has 2 heterocycles. The summed E-state index contributed by atoms with van der Waals surface area (Å²) >= 11 is 5.91. The first kappa shape index (κ1) is 14.3. The van der Waals surface area contributed by atoms with Crippen LogP contribution in [-0.2, 0) is 13.0 Å². The van der Waals surface area contributed by atoms with Crippen molar-refractivity contribution in [2.45, 2.75) is 25.9 Å². The maximum atomic E-state index is 5.91. The average molecular weight is 326 g/mol. The van der Waals surface area contributed by atoms with Crippen molar-refractivity contribution in [1.29, 1.82) is 0 Å². The Labute approximate surface area is 139 Å². The standard InChI is InChI=1S/C18H16ClN3O/c1-12-10-14-4-2-3-5-16(14)22(12)11-17-20-21-18(23-17)13-6-8-15(19)9-7-13/h2-9,12H,10-11H2,1H3/t12-/m1/s1. The number of rotatable bonds is 3. The Morgan fingerprint density at radius 1 is 1.13 bits per heavy atom. The van der Waals surface area contributed by atoms with E-state index in [9.17, 15) is 0 Å². The topological polar surface area (TPSA) is 42.2 Å². The molecule has 0 saturated carbocycles. The van der Waals surface area contributed by atoms with Gasteiger partial charge < -0.3 is 9.32 Å². The molecule has 3 aromatic rings. The van der Waals surface area contributed by atoms with E-state index in [-0.39, 0.29) is 0 Å². The number of benzene rings is 2. The normalized spacial score (nSPS) is 16.6. The molecule has 1 aliphatic rings. The van der Waals surface area contributed by atoms with Gasteiger partial charge in [0.05, 0.1) is 6.54 Å². The number of anilines is 1. The van der Waals surface area contributed by atoms with Crippen LogP contribution < -0.4 is 4.90 Å². The fourth-order valence-electron chi connectivity index (χ4n) is 3.04. The molecule has 2 aromatic carbocycles. The third-order valence-corrected chi connectivity index (χ3v) is 4.46. The summed E-state index contributed by atoms with van der Waals surface area (Å²) in [7, 11) is 0. The lowest BCUT2D eigenvalue weighted by Crippen LogP contribution is -2.28. The van der Waals surface area contributed by atoms with Crippen LogP contribution in [-0.4, -0.2) is 16.2 Å². The van der Waals surface area contributed by atoms with Crippen molar-refractivity contribution >= 4 is 17.3 Å². The quantitative estimate of drug-likeness (QED) is 0.718. The van der Waals surface area contributed by atoms with Crippen molar-refractivity contribution in [1.82, 2.24) is 10.2 Å². The lowest BCUT2D eigenvalue weighted by molar-refractivity contribution is 0.489. The second-order valence-electron chi connectivity index (χ2n) is 5.82. The molecule has 1 aliphatic heterocycles. The fourth-order valence-corrected chi connectivity index (χ4v) is 3.17. The molecule has 116 valence electrons. The largest absolute Gasteiger partial charge is 0.419 e. The number of aromatic nitrogens is 2. The Kier molecular flexibility index (Phi) is 3.54. The number of hydrogen-bond acceptors (Lipinski definition) is 4. The second kappa shape index (κ2) is 5.70. The van der Waals surface area contributed by atoms with Crippen LogP contribution in [0.5, 0.6) is 0 Å². The maximum absolute atomic E-state index is 5.91. The molecule has 0 amide bonds. The molecule has 0 radical (unpaired) electrons. The second-order valence-corrected chi connectivity index (χ2v) is 6.25. The van der Waals surface area contributed by atoms with Gasteiger partial charge in [-0.15, -0.1) is 10.2 Å². The highest BCUT2D eigenvalue weighted by atomic mass is 35.5. The van der Waals surface area contributed by atoms with Gasteiger partial charge in [-0.05, 0) is 49.2 Å². The number of fused-ring (bicyclic) bond motifs is 1. The molecule has 0 fully saturated rings. The van der Waals surface area contributed by atoms with E-state index in [4.69, 9.17) is 16.0 Å². The van der Waals surface area contributed by atoms with Gasteiger partial charge in [-0.3, -0.25) is 0 Å². The summed E-state index contributed by atoms with van der Waals surface area (Å²) < 4.78 is 5.83. The van der Waals surface area contributed by atoms with Crippen LogP contribution in [0.4, 0.5) is 5.69 Å². The lowest BCUT2D eigenvalue weighted by atomic mass is 10.1. The zero-order chi connectivity index (χ0) is 15.8. The summed E-state index contributed by atoms with van der Waals surface area (Å²) in [6.45, 7) is 2.84. The molecule has 0 spiro atoms. The first-order valence-electron chi connectivity index (χ1n) is 7.63. The van der Waals surface area contributed by atoms with E-state index in [0.717, 1.165) is 12.0 Å². The van der Waals surface area contributed by atoms with E-state index in [2.05, 4.69) is 46.3 Å². The third kappa shape index (κ3) is 2.70. The Hall–Kier alpha value is -2.33. The predicted octanol–water partition coefficient (Wildman–Crippen LogP) is 4.34. The van der Waals surface area contributed by atoms with Gasteiger partial charge in [-0.25, -0.2) is 0 Å². The minimum Gasteiger partial charge on any atom is -0.419 e. The zero-order valence-corrected chi connectivity index (χ0v) is 13.5. The number of hydrogen-bond donors (Lipinski definition) is 0. The van der Waals surface area contributed by atoms with Gasteiger partial charge in [0.2, 0.25) is 11.8 Å². The molecule has 0 bridgehead atoms. The highest BCUT2D eigenvalue weighted by molar-refractivity contribution is 6.30. The molecular weight excluding hydrogens is 310 g/mol. The zero-order valence-electron chi connectivity index (χ0n) is 12.7. The maximum Gasteiger partial charge on any atom is 0.247 e. The molecule has 0 aliphatic carbocycles. The van der Waals surface area contributed by atoms with E-state index < -0.39 is 0 Å². The van der Waals surface area contributed by atoms with Gasteiger partial charge in [-0.1, -0.05) is 29.8 Å². The molecule has 5 heteroatoms. The van der Waals surface area contributed by atoms with Gasteiger partial charge in [-0.2, -0.15) is 0 Å². The first-order chi connectivity index (χ1) is 11.2. The Morgan fingerprint density at radius 2 is 1.91 bits per heavy atom. The van der Waals surface area contributed by atoms with Crippen LogP contribution in [0, 0.1) is 0 Å². The number of nitrogens with zero attached hydrogens (tertiary/aromatic N) is 3. The first-order valence-corrected chi connectivity index (χ1v) is 8.01. The summed E-state index contributed by atoms with van der Waals surface area (Å²) in [5.74, 6) is 1.15. The van der Waals surface area contributed by atoms with Gasteiger partial charge in [0, 0.05) is 22.3 Å². The SMILES string of the molecule is C[C@@H]1Cc2ccccc2N1Cc1nnc(-c2ccc(Cl)cc2)o1. The van der Waals surface area contributed by atoms with Crippen molar-refractivity contribution in [3.63, 3.8) is 0 Å². The molecule has 4 rings (SSSR count). The van der Waals surface area contributed by atoms with Crippen molar-refractivity contribution in [3.05, 3.63) is 65.0 Å². The van der Waals surface area contributed by atoms with Crippen LogP contribution in [0.1, 0.15) is 18.4 Å². The molecule has 0 N–H and O–H groups in total. The number of halogens is 1. The minimum absolute atomic E-state index is 0.429. The molecule has 0 unspecified atom stereocenters. The molecular formula is C18H16ClN3O. The van der Waals surface area contributed by atoms with E-state index in [1.54, 1.807) is 0 Å². The van der Waals surface area contributed by atoms with Crippen molar-refractivity contribution in [2.75, 3.05) is 4.90 Å². The third-order valence-electron chi connectivity index (χ3n) is 4.21. The molecule has 23 heavy (non-hydrogen) atoms. The van der Waals surface area contributed by atoms with E-state index in [1.165, 1.54) is 11.3 Å². The van der Waals surface area contributed by atoms with Crippen LogP contribution in [0.3, 0.4) is 0 Å². The Balaban J connectivity index is 1.57. The molecule has 4 nitrogen and oxygen atoms in total. The van der Waals surface area contributed by atoms with Crippen molar-refractivity contribution in [2.24, 2.45) is 0 Å². The smallest absolute Gasteiger partial charge is 0.247 e. The van der Waals surface area contributed by atoms with E-state index >= 15 is 0 Å². The van der Waals surface area contributed by atoms with Crippen molar-refractivity contribution < 1.29 is 4.42 Å². The molecule has 1 atom stereocenters. The molecule has 1 aromatic heterocycles. The summed E-state index contributed by atoms with van der Waals surface area (Å²) in [5.41, 5.74) is 3.51. The van der Waals surface area contributed by atoms with Gasteiger partial charge in [0.25, 0.3) is 0 Å². The van der Waals surface area contributed by atoms with Crippen LogP contribution in [0.15, 0.2) is 52.9 Å². The van der Waals surface area contributed by atoms with Crippen LogP contribution in [0.25, 0.3) is 11.5 Å². The van der Waals surface area contributed by atoms with Gasteiger partial charge in [0.1, 0.15) is 0 Å². The minimum atomic E-state index is 0.429. The monoisotopic (exact) mass is 325 g/mol. The summed E-state index contributed by atoms with van der Waals surface area (Å²) in [6.07, 6.45) is 1.05. The van der Waals surface area contributed by atoms with Crippen LogP contribution >= 0.6 is 11.6 Å². The van der Waals surface area contributed by atoms with Crippen molar-refractivity contribution in [3.8, 4) is 11.5 Å². The summed E-state index contributed by atoms with van der Waals surface area (Å²) in [6, 6.07) is 16.3. The molecule has 0 saturated heterocycles. The lowest BCUT2D eigenvalue weighted by Gasteiger charge is -2.22. The van der Waals surface area contributed by atoms with E-state index in [0.29, 0.717) is 29.4 Å². The van der Waals surface area contributed by atoms with Gasteiger partial charge in [0.15, 0.2) is 0 Å². The van der Waals surface area contributed by atoms with E-state index in [1.807, 2.05) is 24.3 Å². The highest BCUT2D eigenvalue weighted by Gasteiger charge is 2.27.